The van der Waals surface area contributed by atoms with Crippen molar-refractivity contribution in [1.29, 1.82) is 0 Å². The summed E-state index contributed by atoms with van der Waals surface area (Å²) in [6, 6.07) is 0. The van der Waals surface area contributed by atoms with Crippen LogP contribution in [0.5, 0.6) is 0 Å². The van der Waals surface area contributed by atoms with Gasteiger partial charge in [-0.2, -0.15) is 4.98 Å². The Hall–Kier alpha value is -1.76. The predicted molar refractivity (Wildman–Crippen MR) is 73.9 cm³/mol. The van der Waals surface area contributed by atoms with Gasteiger partial charge in [-0.3, -0.25) is 5.32 Å². The molecule has 1 aromatic heterocycles. The van der Waals surface area contributed by atoms with Gasteiger partial charge in [0, 0.05) is 13.1 Å². The third-order valence-electron chi connectivity index (χ3n) is 2.43. The van der Waals surface area contributed by atoms with Gasteiger partial charge >= 0.3 is 0 Å². The SMILES string of the molecule is C=C/C(C)=C\C=C(/C)c1noc(C(O)NCCN)n1. The summed E-state index contributed by atoms with van der Waals surface area (Å²) in [4.78, 5) is 4.11. The number of aromatic nitrogens is 2. The molecule has 0 amide bonds. The molecule has 0 saturated heterocycles. The highest BCUT2D eigenvalue weighted by Gasteiger charge is 2.15. The van der Waals surface area contributed by atoms with Crippen LogP contribution in [0.15, 0.2) is 34.9 Å². The zero-order valence-corrected chi connectivity index (χ0v) is 11.3. The van der Waals surface area contributed by atoms with Crippen molar-refractivity contribution in [3.05, 3.63) is 42.1 Å². The molecule has 6 nitrogen and oxygen atoms in total. The highest BCUT2D eigenvalue weighted by molar-refractivity contribution is 5.59. The smallest absolute Gasteiger partial charge is 0.270 e. The average Bonchev–Trinajstić information content (AvgIpc) is 2.91. The number of aliphatic hydroxyl groups excluding tert-OH is 1. The molecule has 0 aliphatic carbocycles. The number of nitrogens with two attached hydrogens (primary N) is 1. The Balaban J connectivity index is 2.76. The third kappa shape index (κ3) is 4.78. The fourth-order valence-electron chi connectivity index (χ4n) is 1.21. The Bertz CT molecular complexity index is 477. The molecule has 0 saturated carbocycles. The largest absolute Gasteiger partial charge is 0.370 e. The maximum Gasteiger partial charge on any atom is 0.270 e. The molecular weight excluding hydrogens is 244 g/mol. The van der Waals surface area contributed by atoms with Crippen molar-refractivity contribution in [2.24, 2.45) is 5.73 Å². The van der Waals surface area contributed by atoms with Crippen molar-refractivity contribution >= 4 is 5.57 Å². The molecule has 0 radical (unpaired) electrons. The second-order valence-corrected chi connectivity index (χ2v) is 4.07. The number of aliphatic hydroxyl groups is 1. The van der Waals surface area contributed by atoms with E-state index in [0.29, 0.717) is 18.9 Å². The van der Waals surface area contributed by atoms with E-state index in [9.17, 15) is 5.11 Å². The van der Waals surface area contributed by atoms with Gasteiger partial charge in [0.05, 0.1) is 0 Å². The maximum absolute atomic E-state index is 9.70. The van der Waals surface area contributed by atoms with E-state index >= 15 is 0 Å². The van der Waals surface area contributed by atoms with E-state index in [1.54, 1.807) is 6.08 Å². The zero-order valence-electron chi connectivity index (χ0n) is 11.3. The minimum atomic E-state index is -0.997. The number of rotatable bonds is 7. The topological polar surface area (TPSA) is 97.2 Å². The highest BCUT2D eigenvalue weighted by atomic mass is 16.5. The molecule has 104 valence electrons. The first kappa shape index (κ1) is 15.3. The van der Waals surface area contributed by atoms with Crippen LogP contribution in [-0.2, 0) is 0 Å². The van der Waals surface area contributed by atoms with Crippen LogP contribution in [0.2, 0.25) is 0 Å². The molecule has 1 heterocycles. The van der Waals surface area contributed by atoms with Crippen molar-refractivity contribution in [3.8, 4) is 0 Å². The molecule has 6 heteroatoms. The van der Waals surface area contributed by atoms with Gasteiger partial charge in [-0.25, -0.2) is 0 Å². The fraction of sp³-hybridized carbons (Fsp3) is 0.385. The van der Waals surface area contributed by atoms with E-state index in [1.165, 1.54) is 0 Å². The molecule has 19 heavy (non-hydrogen) atoms. The molecule has 0 aromatic carbocycles. The monoisotopic (exact) mass is 264 g/mol. The van der Waals surface area contributed by atoms with Crippen molar-refractivity contribution in [2.75, 3.05) is 13.1 Å². The van der Waals surface area contributed by atoms with Gasteiger partial charge in [0.25, 0.3) is 5.89 Å². The van der Waals surface area contributed by atoms with Crippen LogP contribution >= 0.6 is 0 Å². The fourth-order valence-corrected chi connectivity index (χ4v) is 1.21. The van der Waals surface area contributed by atoms with Crippen molar-refractivity contribution in [2.45, 2.75) is 20.1 Å². The van der Waals surface area contributed by atoms with E-state index in [-0.39, 0.29) is 5.89 Å². The summed E-state index contributed by atoms with van der Waals surface area (Å²) in [5.74, 6) is 0.567. The van der Waals surface area contributed by atoms with Crippen LogP contribution in [0, 0.1) is 0 Å². The quantitative estimate of drug-likeness (QED) is 0.505. The summed E-state index contributed by atoms with van der Waals surface area (Å²) in [5, 5.41) is 16.3. The molecule has 0 aliphatic rings. The molecule has 4 N–H and O–H groups in total. The lowest BCUT2D eigenvalue weighted by Gasteiger charge is -2.05. The minimum Gasteiger partial charge on any atom is -0.370 e. The van der Waals surface area contributed by atoms with Gasteiger partial charge in [-0.1, -0.05) is 35.5 Å². The second-order valence-electron chi connectivity index (χ2n) is 4.07. The van der Waals surface area contributed by atoms with Gasteiger partial charge in [0.15, 0.2) is 12.1 Å². The van der Waals surface area contributed by atoms with Crippen LogP contribution in [-0.4, -0.2) is 28.3 Å². The summed E-state index contributed by atoms with van der Waals surface area (Å²) in [7, 11) is 0. The van der Waals surface area contributed by atoms with Gasteiger partial charge in [-0.15, -0.1) is 0 Å². The predicted octanol–water partition coefficient (Wildman–Crippen LogP) is 1.14. The Morgan fingerprint density at radius 1 is 1.53 bits per heavy atom. The van der Waals surface area contributed by atoms with Crippen molar-refractivity contribution in [3.63, 3.8) is 0 Å². The zero-order chi connectivity index (χ0) is 14.3. The second kappa shape index (κ2) is 7.63. The Labute approximate surface area is 112 Å². The Morgan fingerprint density at radius 2 is 2.26 bits per heavy atom. The average molecular weight is 264 g/mol. The molecule has 1 aromatic rings. The maximum atomic E-state index is 9.70. The number of nitrogens with one attached hydrogen (secondary N) is 1. The molecule has 0 spiro atoms. The third-order valence-corrected chi connectivity index (χ3v) is 2.43. The summed E-state index contributed by atoms with van der Waals surface area (Å²) in [6.07, 6.45) is 4.53. The lowest BCUT2D eigenvalue weighted by molar-refractivity contribution is 0.101. The summed E-state index contributed by atoms with van der Waals surface area (Å²) >= 11 is 0. The molecule has 1 atom stereocenters. The molecule has 0 aliphatic heterocycles. The standard InChI is InChI=1S/C13H20N4O2/c1-4-9(2)5-6-10(3)11-16-13(19-17-11)12(18)15-8-7-14/h4-6,12,15,18H,1,7-8,14H2,2-3H3/b9-5-,10-6+. The van der Waals surface area contributed by atoms with Crippen LogP contribution in [0.25, 0.3) is 5.57 Å². The van der Waals surface area contributed by atoms with Gasteiger partial charge in [0.1, 0.15) is 0 Å². The van der Waals surface area contributed by atoms with Gasteiger partial charge in [-0.05, 0) is 19.4 Å². The van der Waals surface area contributed by atoms with E-state index in [1.807, 2.05) is 26.0 Å². The lowest BCUT2D eigenvalue weighted by atomic mass is 10.2. The highest BCUT2D eigenvalue weighted by Crippen LogP contribution is 2.13. The van der Waals surface area contributed by atoms with E-state index in [4.69, 9.17) is 10.3 Å². The van der Waals surface area contributed by atoms with Crippen LogP contribution in [0.4, 0.5) is 0 Å². The molecule has 1 rings (SSSR count). The van der Waals surface area contributed by atoms with E-state index in [2.05, 4.69) is 22.0 Å². The first-order valence-electron chi connectivity index (χ1n) is 6.01. The molecular formula is C13H20N4O2. The van der Waals surface area contributed by atoms with E-state index < -0.39 is 6.23 Å². The Morgan fingerprint density at radius 3 is 2.89 bits per heavy atom. The van der Waals surface area contributed by atoms with Crippen molar-refractivity contribution < 1.29 is 9.63 Å². The normalized spacial score (nSPS) is 14.5. The number of allylic oxidation sites excluding steroid dienone is 5. The summed E-state index contributed by atoms with van der Waals surface area (Å²) in [5.41, 5.74) is 7.20. The number of hydrogen-bond donors (Lipinski definition) is 3. The Kier molecular flexibility index (Phi) is 6.14. The first-order valence-corrected chi connectivity index (χ1v) is 6.01. The van der Waals surface area contributed by atoms with Gasteiger partial charge < -0.3 is 15.4 Å². The lowest BCUT2D eigenvalue weighted by Crippen LogP contribution is -2.27. The van der Waals surface area contributed by atoms with E-state index in [0.717, 1.165) is 11.1 Å². The van der Waals surface area contributed by atoms with Crippen LogP contribution in [0.1, 0.15) is 31.8 Å². The van der Waals surface area contributed by atoms with Crippen LogP contribution in [0.3, 0.4) is 0 Å². The summed E-state index contributed by atoms with van der Waals surface area (Å²) < 4.78 is 4.98. The number of nitrogens with zero attached hydrogens (tertiary/aromatic N) is 2. The van der Waals surface area contributed by atoms with Crippen LogP contribution < -0.4 is 11.1 Å². The summed E-state index contributed by atoms with van der Waals surface area (Å²) in [6.45, 7) is 8.36. The number of hydrogen-bond acceptors (Lipinski definition) is 6. The molecule has 1 unspecified atom stereocenters. The van der Waals surface area contributed by atoms with Gasteiger partial charge in [0.2, 0.25) is 0 Å². The minimum absolute atomic E-state index is 0.126. The van der Waals surface area contributed by atoms with Crippen molar-refractivity contribution in [1.82, 2.24) is 15.5 Å². The first-order chi connectivity index (χ1) is 9.08. The molecule has 0 fully saturated rings. The molecule has 0 bridgehead atoms.